The Morgan fingerprint density at radius 1 is 0.862 bits per heavy atom. The third kappa shape index (κ3) is 5.65. The first kappa shape index (κ1) is 20.5. The summed E-state index contributed by atoms with van der Waals surface area (Å²) in [5, 5.41) is 0. The second kappa shape index (κ2) is 8.87. The molecule has 0 aliphatic carbocycles. The SMILES string of the molecule is COc1ccc([C@H](N)c2ccc(OC(F)(F)F)cc2)cc1OCc1ccccc1. The molecule has 0 radical (unpaired) electrons. The van der Waals surface area contributed by atoms with E-state index in [4.69, 9.17) is 15.2 Å². The predicted octanol–water partition coefficient (Wildman–Crippen LogP) is 5.22. The fourth-order valence-corrected chi connectivity index (χ4v) is 2.80. The van der Waals surface area contributed by atoms with Crippen LogP contribution in [0.2, 0.25) is 0 Å². The minimum Gasteiger partial charge on any atom is -0.493 e. The van der Waals surface area contributed by atoms with Crippen LogP contribution in [0.5, 0.6) is 17.2 Å². The molecule has 0 unspecified atom stereocenters. The molecule has 0 saturated heterocycles. The van der Waals surface area contributed by atoms with Crippen LogP contribution in [0, 0.1) is 0 Å². The minimum atomic E-state index is -4.73. The van der Waals surface area contributed by atoms with Crippen LogP contribution in [-0.4, -0.2) is 13.5 Å². The van der Waals surface area contributed by atoms with Crippen LogP contribution in [-0.2, 0) is 6.61 Å². The van der Waals surface area contributed by atoms with E-state index in [9.17, 15) is 13.2 Å². The molecule has 4 nitrogen and oxygen atoms in total. The quantitative estimate of drug-likeness (QED) is 0.588. The topological polar surface area (TPSA) is 53.7 Å². The van der Waals surface area contributed by atoms with Crippen molar-refractivity contribution >= 4 is 0 Å². The lowest BCUT2D eigenvalue weighted by Gasteiger charge is -2.17. The van der Waals surface area contributed by atoms with E-state index in [2.05, 4.69) is 4.74 Å². The highest BCUT2D eigenvalue weighted by atomic mass is 19.4. The lowest BCUT2D eigenvalue weighted by Crippen LogP contribution is -2.17. The lowest BCUT2D eigenvalue weighted by molar-refractivity contribution is -0.274. The van der Waals surface area contributed by atoms with Gasteiger partial charge in [0.15, 0.2) is 11.5 Å². The maximum atomic E-state index is 12.3. The van der Waals surface area contributed by atoms with Gasteiger partial charge in [0.1, 0.15) is 12.4 Å². The maximum Gasteiger partial charge on any atom is 0.573 e. The molecule has 0 spiro atoms. The van der Waals surface area contributed by atoms with Crippen molar-refractivity contribution in [3.05, 3.63) is 89.5 Å². The molecule has 3 rings (SSSR count). The fraction of sp³-hybridized carbons (Fsp3) is 0.182. The number of rotatable bonds is 7. The van der Waals surface area contributed by atoms with Crippen molar-refractivity contribution in [1.29, 1.82) is 0 Å². The summed E-state index contributed by atoms with van der Waals surface area (Å²) in [7, 11) is 1.55. The van der Waals surface area contributed by atoms with Gasteiger partial charge in [0, 0.05) is 0 Å². The average molecular weight is 403 g/mol. The van der Waals surface area contributed by atoms with Gasteiger partial charge in [-0.05, 0) is 41.0 Å². The Morgan fingerprint density at radius 2 is 1.52 bits per heavy atom. The van der Waals surface area contributed by atoms with Crippen LogP contribution in [0.4, 0.5) is 13.2 Å². The Balaban J connectivity index is 1.77. The van der Waals surface area contributed by atoms with Crippen LogP contribution in [0.15, 0.2) is 72.8 Å². The highest BCUT2D eigenvalue weighted by Gasteiger charge is 2.31. The largest absolute Gasteiger partial charge is 0.573 e. The van der Waals surface area contributed by atoms with E-state index in [0.717, 1.165) is 11.1 Å². The van der Waals surface area contributed by atoms with Crippen LogP contribution in [0.3, 0.4) is 0 Å². The zero-order valence-electron chi connectivity index (χ0n) is 15.6. The van der Waals surface area contributed by atoms with Gasteiger partial charge in [0.2, 0.25) is 0 Å². The predicted molar refractivity (Wildman–Crippen MR) is 103 cm³/mol. The second-order valence-corrected chi connectivity index (χ2v) is 6.28. The van der Waals surface area contributed by atoms with E-state index in [1.54, 1.807) is 25.3 Å². The number of methoxy groups -OCH3 is 1. The Kier molecular flexibility index (Phi) is 6.29. The van der Waals surface area contributed by atoms with Gasteiger partial charge in [-0.25, -0.2) is 0 Å². The summed E-state index contributed by atoms with van der Waals surface area (Å²) in [4.78, 5) is 0. The van der Waals surface area contributed by atoms with Gasteiger partial charge in [0.05, 0.1) is 13.2 Å². The molecule has 0 amide bonds. The van der Waals surface area contributed by atoms with E-state index in [1.807, 2.05) is 30.3 Å². The van der Waals surface area contributed by atoms with Gasteiger partial charge in [-0.15, -0.1) is 13.2 Å². The smallest absolute Gasteiger partial charge is 0.493 e. The van der Waals surface area contributed by atoms with E-state index in [0.29, 0.717) is 23.7 Å². The summed E-state index contributed by atoms with van der Waals surface area (Å²) in [6.07, 6.45) is -4.73. The number of hydrogen-bond acceptors (Lipinski definition) is 4. The monoisotopic (exact) mass is 403 g/mol. The summed E-state index contributed by atoms with van der Waals surface area (Å²) >= 11 is 0. The summed E-state index contributed by atoms with van der Waals surface area (Å²) in [5.74, 6) is 0.794. The van der Waals surface area contributed by atoms with E-state index < -0.39 is 12.4 Å². The van der Waals surface area contributed by atoms with E-state index in [-0.39, 0.29) is 5.75 Å². The highest BCUT2D eigenvalue weighted by Crippen LogP contribution is 2.33. The van der Waals surface area contributed by atoms with Crippen molar-refractivity contribution in [2.24, 2.45) is 5.73 Å². The molecule has 3 aromatic carbocycles. The Hall–Kier alpha value is -3.19. The second-order valence-electron chi connectivity index (χ2n) is 6.28. The van der Waals surface area contributed by atoms with Gasteiger partial charge in [-0.3, -0.25) is 0 Å². The standard InChI is InChI=1S/C22H20F3NO3/c1-27-19-12-9-17(13-20(19)28-14-15-5-3-2-4-6-15)21(26)16-7-10-18(11-8-16)29-22(23,24)25/h2-13,21H,14,26H2,1H3/t21-/m1/s1. The molecule has 0 heterocycles. The first-order valence-corrected chi connectivity index (χ1v) is 8.81. The summed E-state index contributed by atoms with van der Waals surface area (Å²) < 4.78 is 52.0. The third-order valence-corrected chi connectivity index (χ3v) is 4.26. The number of ether oxygens (including phenoxy) is 3. The maximum absolute atomic E-state index is 12.3. The molecule has 0 aliphatic heterocycles. The first-order valence-electron chi connectivity index (χ1n) is 8.81. The minimum absolute atomic E-state index is 0.296. The molecule has 3 aromatic rings. The number of nitrogens with two attached hydrogens (primary N) is 1. The van der Waals surface area contributed by atoms with Crippen LogP contribution in [0.25, 0.3) is 0 Å². The number of alkyl halides is 3. The van der Waals surface area contributed by atoms with Crippen molar-refractivity contribution < 1.29 is 27.4 Å². The molecule has 0 fully saturated rings. The van der Waals surface area contributed by atoms with Crippen molar-refractivity contribution in [2.45, 2.75) is 19.0 Å². The van der Waals surface area contributed by atoms with E-state index in [1.165, 1.54) is 24.3 Å². The molecule has 2 N–H and O–H groups in total. The Morgan fingerprint density at radius 3 is 2.14 bits per heavy atom. The van der Waals surface area contributed by atoms with Gasteiger partial charge < -0.3 is 19.9 Å². The van der Waals surface area contributed by atoms with Crippen molar-refractivity contribution in [1.82, 2.24) is 0 Å². The first-order chi connectivity index (χ1) is 13.9. The normalized spacial score (nSPS) is 12.3. The summed E-state index contributed by atoms with van der Waals surface area (Å²) in [6, 6.07) is 19.9. The van der Waals surface area contributed by atoms with Gasteiger partial charge in [-0.2, -0.15) is 0 Å². The van der Waals surface area contributed by atoms with E-state index >= 15 is 0 Å². The van der Waals surface area contributed by atoms with Crippen molar-refractivity contribution in [2.75, 3.05) is 7.11 Å². The van der Waals surface area contributed by atoms with Crippen LogP contribution in [0.1, 0.15) is 22.7 Å². The van der Waals surface area contributed by atoms with Crippen LogP contribution < -0.4 is 19.9 Å². The Bertz CT molecular complexity index is 928. The fourth-order valence-electron chi connectivity index (χ4n) is 2.80. The summed E-state index contributed by atoms with van der Waals surface area (Å²) in [5.41, 5.74) is 8.68. The molecular formula is C22H20F3NO3. The molecular weight excluding hydrogens is 383 g/mol. The average Bonchev–Trinajstić information content (AvgIpc) is 2.71. The molecule has 0 bridgehead atoms. The highest BCUT2D eigenvalue weighted by molar-refractivity contribution is 5.46. The molecule has 1 atom stereocenters. The lowest BCUT2D eigenvalue weighted by atomic mass is 9.99. The number of benzene rings is 3. The molecule has 29 heavy (non-hydrogen) atoms. The number of halogens is 3. The van der Waals surface area contributed by atoms with Crippen LogP contribution >= 0.6 is 0 Å². The molecule has 0 saturated carbocycles. The van der Waals surface area contributed by atoms with Gasteiger partial charge in [0.25, 0.3) is 0 Å². The summed E-state index contributed by atoms with van der Waals surface area (Å²) in [6.45, 7) is 0.360. The van der Waals surface area contributed by atoms with Crippen molar-refractivity contribution in [3.8, 4) is 17.2 Å². The molecule has 0 aliphatic rings. The Labute approximate surface area is 166 Å². The molecule has 0 aromatic heterocycles. The number of hydrogen-bond donors (Lipinski definition) is 1. The van der Waals surface area contributed by atoms with Crippen molar-refractivity contribution in [3.63, 3.8) is 0 Å². The zero-order chi connectivity index (χ0) is 20.9. The van der Waals surface area contributed by atoms with Gasteiger partial charge in [-0.1, -0.05) is 48.5 Å². The van der Waals surface area contributed by atoms with Gasteiger partial charge >= 0.3 is 6.36 Å². The zero-order valence-corrected chi connectivity index (χ0v) is 15.6. The molecule has 7 heteroatoms. The third-order valence-electron chi connectivity index (χ3n) is 4.26. The molecule has 152 valence electrons.